The SMILES string of the molecule is CCOC(=O)c1c(I)c(OC)c(OC)c(F)c1C(N)C(=O)O. The lowest BCUT2D eigenvalue weighted by Gasteiger charge is -2.20. The zero-order chi connectivity index (χ0) is 17.0. The second-order valence-electron chi connectivity index (χ2n) is 4.02. The summed E-state index contributed by atoms with van der Waals surface area (Å²) in [6.07, 6.45) is 0. The first-order valence-corrected chi connectivity index (χ1v) is 7.17. The largest absolute Gasteiger partial charge is 0.492 e. The van der Waals surface area contributed by atoms with Crippen LogP contribution in [0.1, 0.15) is 28.9 Å². The molecule has 0 saturated heterocycles. The molecular formula is C13H15FINO6. The number of carboxylic acid groups (broad SMARTS) is 1. The van der Waals surface area contributed by atoms with E-state index in [1.54, 1.807) is 29.5 Å². The summed E-state index contributed by atoms with van der Waals surface area (Å²) in [7, 11) is 2.46. The number of rotatable bonds is 6. The highest BCUT2D eigenvalue weighted by atomic mass is 127. The number of carboxylic acids is 1. The number of carbonyl (C=O) groups excluding carboxylic acids is 1. The fourth-order valence-corrected chi connectivity index (χ4v) is 2.82. The topological polar surface area (TPSA) is 108 Å². The van der Waals surface area contributed by atoms with Gasteiger partial charge in [-0.1, -0.05) is 0 Å². The molecule has 22 heavy (non-hydrogen) atoms. The maximum absolute atomic E-state index is 14.6. The summed E-state index contributed by atoms with van der Waals surface area (Å²) < 4.78 is 29.6. The van der Waals surface area contributed by atoms with Crippen LogP contribution < -0.4 is 15.2 Å². The van der Waals surface area contributed by atoms with Crippen molar-refractivity contribution >= 4 is 34.5 Å². The van der Waals surface area contributed by atoms with Crippen LogP contribution in [0, 0.1) is 9.39 Å². The fraction of sp³-hybridized carbons (Fsp3) is 0.385. The van der Waals surface area contributed by atoms with Gasteiger partial charge >= 0.3 is 11.9 Å². The average molecular weight is 427 g/mol. The number of carbonyl (C=O) groups is 2. The Morgan fingerprint density at radius 2 is 1.86 bits per heavy atom. The van der Waals surface area contributed by atoms with Gasteiger partial charge in [-0.3, -0.25) is 4.79 Å². The monoisotopic (exact) mass is 427 g/mol. The molecule has 0 heterocycles. The molecule has 0 fully saturated rings. The van der Waals surface area contributed by atoms with Gasteiger partial charge in [-0.25, -0.2) is 9.18 Å². The average Bonchev–Trinajstić information content (AvgIpc) is 2.47. The first-order valence-electron chi connectivity index (χ1n) is 6.10. The smallest absolute Gasteiger partial charge is 0.339 e. The van der Waals surface area contributed by atoms with Crippen LogP contribution in [0.2, 0.25) is 0 Å². The minimum atomic E-state index is -1.76. The molecule has 0 aliphatic heterocycles. The van der Waals surface area contributed by atoms with Gasteiger partial charge in [0, 0.05) is 5.56 Å². The standard InChI is InChI=1S/C13H15FINO6/c1-4-22-13(19)6-5(9(16)12(17)18)7(14)10(20-2)11(21-3)8(6)15/h9H,4,16H2,1-3H3,(H,17,18). The number of esters is 1. The molecule has 0 amide bonds. The molecule has 0 spiro atoms. The van der Waals surface area contributed by atoms with E-state index in [4.69, 9.17) is 25.1 Å². The summed E-state index contributed by atoms with van der Waals surface area (Å²) in [5, 5.41) is 9.06. The van der Waals surface area contributed by atoms with Crippen molar-refractivity contribution in [2.45, 2.75) is 13.0 Å². The molecule has 0 aromatic heterocycles. The van der Waals surface area contributed by atoms with Crippen molar-refractivity contribution in [3.63, 3.8) is 0 Å². The van der Waals surface area contributed by atoms with Crippen molar-refractivity contribution in [1.29, 1.82) is 0 Å². The number of ether oxygens (including phenoxy) is 3. The van der Waals surface area contributed by atoms with Gasteiger partial charge in [0.25, 0.3) is 0 Å². The summed E-state index contributed by atoms with van der Waals surface area (Å²) in [5.41, 5.74) is 4.72. The zero-order valence-corrected chi connectivity index (χ0v) is 14.3. The predicted octanol–water partition coefficient (Wildman–Crippen LogP) is 1.71. The lowest BCUT2D eigenvalue weighted by Crippen LogP contribution is -2.26. The van der Waals surface area contributed by atoms with E-state index in [9.17, 15) is 14.0 Å². The molecule has 0 radical (unpaired) electrons. The molecule has 9 heteroatoms. The first-order chi connectivity index (χ1) is 10.3. The third kappa shape index (κ3) is 3.24. The highest BCUT2D eigenvalue weighted by Gasteiger charge is 2.34. The normalized spacial score (nSPS) is 11.7. The quantitative estimate of drug-likeness (QED) is 0.526. The Labute approximate surface area is 139 Å². The Kier molecular flexibility index (Phi) is 6.35. The van der Waals surface area contributed by atoms with Gasteiger partial charge in [0.05, 0.1) is 30.0 Å². The van der Waals surface area contributed by atoms with Crippen LogP contribution in [-0.4, -0.2) is 37.9 Å². The van der Waals surface area contributed by atoms with Gasteiger partial charge in [0.1, 0.15) is 6.04 Å². The van der Waals surface area contributed by atoms with Crippen LogP contribution in [0.3, 0.4) is 0 Å². The molecular weight excluding hydrogens is 412 g/mol. The summed E-state index contributed by atoms with van der Waals surface area (Å²) in [6, 6.07) is -1.76. The van der Waals surface area contributed by atoms with Crippen LogP contribution in [0.25, 0.3) is 0 Å². The second kappa shape index (κ2) is 7.58. The Morgan fingerprint density at radius 1 is 1.32 bits per heavy atom. The van der Waals surface area contributed by atoms with E-state index < -0.39 is 29.4 Å². The molecule has 0 aliphatic carbocycles. The molecule has 7 nitrogen and oxygen atoms in total. The Bertz CT molecular complexity index is 607. The summed E-state index contributed by atoms with van der Waals surface area (Å²) in [5.74, 6) is -3.82. The molecule has 3 N–H and O–H groups in total. The fourth-order valence-electron chi connectivity index (χ4n) is 1.85. The molecule has 1 rings (SSSR count). The van der Waals surface area contributed by atoms with E-state index in [1.165, 1.54) is 14.2 Å². The Balaban J connectivity index is 3.80. The summed E-state index contributed by atoms with van der Waals surface area (Å²) in [4.78, 5) is 23.2. The third-order valence-electron chi connectivity index (χ3n) is 2.80. The molecule has 1 aromatic rings. The Morgan fingerprint density at radius 3 is 2.27 bits per heavy atom. The Hall–Kier alpha value is -1.62. The zero-order valence-electron chi connectivity index (χ0n) is 12.1. The van der Waals surface area contributed by atoms with Gasteiger partial charge in [0.2, 0.25) is 0 Å². The number of nitrogens with two attached hydrogens (primary N) is 1. The van der Waals surface area contributed by atoms with Crippen molar-refractivity contribution in [2.24, 2.45) is 5.73 Å². The summed E-state index contributed by atoms with van der Waals surface area (Å²) in [6.45, 7) is 1.60. The van der Waals surface area contributed by atoms with Crippen molar-refractivity contribution in [3.8, 4) is 11.5 Å². The minimum absolute atomic E-state index is 0.0344. The van der Waals surface area contributed by atoms with E-state index in [0.717, 1.165) is 0 Å². The molecule has 1 atom stereocenters. The minimum Gasteiger partial charge on any atom is -0.492 e. The predicted molar refractivity (Wildman–Crippen MR) is 82.7 cm³/mol. The van der Waals surface area contributed by atoms with Gasteiger partial charge in [-0.15, -0.1) is 0 Å². The number of hydrogen-bond donors (Lipinski definition) is 2. The maximum Gasteiger partial charge on any atom is 0.339 e. The van der Waals surface area contributed by atoms with Gasteiger partial charge in [0.15, 0.2) is 17.3 Å². The second-order valence-corrected chi connectivity index (χ2v) is 5.10. The van der Waals surface area contributed by atoms with Crippen LogP contribution in [-0.2, 0) is 9.53 Å². The molecule has 0 bridgehead atoms. The van der Waals surface area contributed by atoms with Crippen LogP contribution >= 0.6 is 22.6 Å². The van der Waals surface area contributed by atoms with E-state index in [1.807, 2.05) is 0 Å². The van der Waals surface area contributed by atoms with Crippen molar-refractivity contribution in [1.82, 2.24) is 0 Å². The highest BCUT2D eigenvalue weighted by Crippen LogP contribution is 2.41. The van der Waals surface area contributed by atoms with Crippen LogP contribution in [0.5, 0.6) is 11.5 Å². The van der Waals surface area contributed by atoms with Crippen LogP contribution in [0.15, 0.2) is 0 Å². The van der Waals surface area contributed by atoms with E-state index in [0.29, 0.717) is 0 Å². The first kappa shape index (κ1) is 18.4. The summed E-state index contributed by atoms with van der Waals surface area (Å²) >= 11 is 1.72. The van der Waals surface area contributed by atoms with E-state index in [-0.39, 0.29) is 27.2 Å². The van der Waals surface area contributed by atoms with Gasteiger partial charge < -0.3 is 25.1 Å². The van der Waals surface area contributed by atoms with E-state index in [2.05, 4.69) is 0 Å². The lowest BCUT2D eigenvalue weighted by molar-refractivity contribution is -0.138. The molecule has 1 aromatic carbocycles. The van der Waals surface area contributed by atoms with Crippen molar-refractivity contribution in [2.75, 3.05) is 20.8 Å². The van der Waals surface area contributed by atoms with Crippen LogP contribution in [0.4, 0.5) is 4.39 Å². The lowest BCUT2D eigenvalue weighted by atomic mass is 9.98. The number of hydrogen-bond acceptors (Lipinski definition) is 6. The maximum atomic E-state index is 14.6. The number of aliphatic carboxylic acids is 1. The van der Waals surface area contributed by atoms with Gasteiger partial charge in [-0.2, -0.15) is 0 Å². The molecule has 1 unspecified atom stereocenters. The third-order valence-corrected chi connectivity index (χ3v) is 3.82. The van der Waals surface area contributed by atoms with Crippen molar-refractivity contribution in [3.05, 3.63) is 20.5 Å². The van der Waals surface area contributed by atoms with E-state index >= 15 is 0 Å². The highest BCUT2D eigenvalue weighted by molar-refractivity contribution is 14.1. The number of methoxy groups -OCH3 is 2. The molecule has 0 aliphatic rings. The molecule has 0 saturated carbocycles. The van der Waals surface area contributed by atoms with Crippen molar-refractivity contribution < 1.29 is 33.3 Å². The number of halogens is 2. The molecule has 122 valence electrons. The van der Waals surface area contributed by atoms with Gasteiger partial charge in [-0.05, 0) is 29.5 Å². The number of benzene rings is 1.